The average molecular weight is 160 g/mol. The van der Waals surface area contributed by atoms with Crippen LogP contribution >= 0.6 is 11.8 Å². The van der Waals surface area contributed by atoms with E-state index in [1.165, 1.54) is 11.8 Å². The summed E-state index contributed by atoms with van der Waals surface area (Å²) in [5.74, 6) is 1.67. The van der Waals surface area contributed by atoms with E-state index in [-0.39, 0.29) is 11.6 Å². The van der Waals surface area contributed by atoms with Crippen molar-refractivity contribution in [2.75, 3.05) is 11.5 Å². The van der Waals surface area contributed by atoms with E-state index in [1.54, 1.807) is 13.8 Å². The van der Waals surface area contributed by atoms with E-state index in [2.05, 4.69) is 0 Å². The highest BCUT2D eigenvalue weighted by Gasteiger charge is 1.95. The Morgan fingerprint density at radius 1 is 1.20 bits per heavy atom. The molecule has 0 aliphatic carbocycles. The second-order valence-corrected chi connectivity index (χ2v) is 3.31. The zero-order valence-electron chi connectivity index (χ0n) is 6.35. The third-order valence-electron chi connectivity index (χ3n) is 0.904. The van der Waals surface area contributed by atoms with E-state index in [9.17, 15) is 9.59 Å². The van der Waals surface area contributed by atoms with Crippen LogP contribution in [0.5, 0.6) is 0 Å². The van der Waals surface area contributed by atoms with E-state index < -0.39 is 0 Å². The molecule has 0 saturated carbocycles. The summed E-state index contributed by atoms with van der Waals surface area (Å²) < 4.78 is 0. The molecule has 0 unspecified atom stereocenters. The lowest BCUT2D eigenvalue weighted by Gasteiger charge is -1.93. The van der Waals surface area contributed by atoms with Gasteiger partial charge in [0.2, 0.25) is 0 Å². The first-order valence-electron chi connectivity index (χ1n) is 3.19. The summed E-state index contributed by atoms with van der Waals surface area (Å²) in [5.41, 5.74) is 0. The molecule has 0 aliphatic heterocycles. The predicted octanol–water partition coefficient (Wildman–Crippen LogP) is 1.29. The van der Waals surface area contributed by atoms with Crippen LogP contribution in [0.4, 0.5) is 0 Å². The summed E-state index contributed by atoms with van der Waals surface area (Å²) in [6, 6.07) is 0. The maximum Gasteiger partial charge on any atom is 0.139 e. The Labute approximate surface area is 65.4 Å². The Morgan fingerprint density at radius 3 is 2.20 bits per heavy atom. The quantitative estimate of drug-likeness (QED) is 0.568. The zero-order valence-corrected chi connectivity index (χ0v) is 7.16. The summed E-state index contributed by atoms with van der Waals surface area (Å²) >= 11 is 1.52. The summed E-state index contributed by atoms with van der Waals surface area (Å²) in [5, 5.41) is 0. The van der Waals surface area contributed by atoms with E-state index in [4.69, 9.17) is 0 Å². The molecule has 0 rings (SSSR count). The Kier molecular flexibility index (Phi) is 5.30. The maximum atomic E-state index is 10.4. The van der Waals surface area contributed by atoms with Gasteiger partial charge in [-0.15, -0.1) is 0 Å². The molecule has 0 spiro atoms. The minimum Gasteiger partial charge on any atom is -0.300 e. The molecule has 0 fully saturated rings. The maximum absolute atomic E-state index is 10.4. The molecule has 0 saturated heterocycles. The van der Waals surface area contributed by atoms with Crippen LogP contribution in [0.25, 0.3) is 0 Å². The number of carbonyl (C=O) groups is 2. The van der Waals surface area contributed by atoms with Crippen LogP contribution in [0, 0.1) is 0 Å². The Morgan fingerprint density at radius 2 is 1.80 bits per heavy atom. The SMILES string of the molecule is CC(=O)CCSCC(C)=O. The number of carbonyl (C=O) groups excluding carboxylic acids is 2. The van der Waals surface area contributed by atoms with Crippen molar-refractivity contribution >= 4 is 23.3 Å². The standard InChI is InChI=1S/C7H12O2S/c1-6(8)3-4-10-5-7(2)9/h3-5H2,1-2H3. The molecule has 0 aromatic carbocycles. The first kappa shape index (κ1) is 9.69. The number of ketones is 2. The average Bonchev–Trinajstić information content (AvgIpc) is 1.79. The second-order valence-electron chi connectivity index (χ2n) is 2.21. The van der Waals surface area contributed by atoms with Crippen LogP contribution < -0.4 is 0 Å². The molecule has 0 amide bonds. The van der Waals surface area contributed by atoms with Crippen molar-refractivity contribution in [1.29, 1.82) is 0 Å². The largest absolute Gasteiger partial charge is 0.300 e. The van der Waals surface area contributed by atoms with Gasteiger partial charge >= 0.3 is 0 Å². The fourth-order valence-electron chi connectivity index (χ4n) is 0.432. The van der Waals surface area contributed by atoms with E-state index in [1.807, 2.05) is 0 Å². The van der Waals surface area contributed by atoms with Crippen LogP contribution in [0.3, 0.4) is 0 Å². The van der Waals surface area contributed by atoms with Gasteiger partial charge in [-0.2, -0.15) is 11.8 Å². The second kappa shape index (κ2) is 5.47. The molecule has 2 nitrogen and oxygen atoms in total. The highest BCUT2D eigenvalue weighted by molar-refractivity contribution is 7.99. The normalized spacial score (nSPS) is 9.40. The van der Waals surface area contributed by atoms with Gasteiger partial charge in [0.05, 0.1) is 5.75 Å². The lowest BCUT2D eigenvalue weighted by Crippen LogP contribution is -1.97. The molecule has 58 valence electrons. The fourth-order valence-corrected chi connectivity index (χ4v) is 1.30. The highest BCUT2D eigenvalue weighted by Crippen LogP contribution is 2.02. The Bertz CT molecular complexity index is 116. The topological polar surface area (TPSA) is 34.1 Å². The molecule has 0 aromatic rings. The van der Waals surface area contributed by atoms with E-state index in [0.717, 1.165) is 5.75 Å². The molecule has 0 atom stereocenters. The minimum atomic E-state index is 0.175. The fraction of sp³-hybridized carbons (Fsp3) is 0.714. The van der Waals surface area contributed by atoms with Crippen LogP contribution in [-0.2, 0) is 9.59 Å². The van der Waals surface area contributed by atoms with Gasteiger partial charge < -0.3 is 0 Å². The smallest absolute Gasteiger partial charge is 0.139 e. The van der Waals surface area contributed by atoms with Crippen molar-refractivity contribution in [1.82, 2.24) is 0 Å². The van der Waals surface area contributed by atoms with Crippen LogP contribution in [0.2, 0.25) is 0 Å². The Hall–Kier alpha value is -0.310. The summed E-state index contributed by atoms with van der Waals surface area (Å²) in [4.78, 5) is 20.8. The molecule has 0 N–H and O–H groups in total. The molecular weight excluding hydrogens is 148 g/mol. The molecule has 10 heavy (non-hydrogen) atoms. The molecule has 0 bridgehead atoms. The summed E-state index contributed by atoms with van der Waals surface area (Å²) in [6.07, 6.45) is 0.581. The van der Waals surface area contributed by atoms with E-state index >= 15 is 0 Å². The van der Waals surface area contributed by atoms with Crippen molar-refractivity contribution in [2.45, 2.75) is 20.3 Å². The van der Waals surface area contributed by atoms with E-state index in [0.29, 0.717) is 12.2 Å². The van der Waals surface area contributed by atoms with Gasteiger partial charge in [0.25, 0.3) is 0 Å². The molecule has 3 heteroatoms. The molecular formula is C7H12O2S. The van der Waals surface area contributed by atoms with Crippen molar-refractivity contribution in [3.05, 3.63) is 0 Å². The van der Waals surface area contributed by atoms with Crippen LogP contribution in [0.1, 0.15) is 20.3 Å². The summed E-state index contributed by atoms with van der Waals surface area (Å²) in [7, 11) is 0. The predicted molar refractivity (Wildman–Crippen MR) is 43.3 cm³/mol. The van der Waals surface area contributed by atoms with Gasteiger partial charge in [-0.1, -0.05) is 0 Å². The molecule has 0 heterocycles. The Balaban J connectivity index is 3.06. The van der Waals surface area contributed by atoms with Crippen LogP contribution in [-0.4, -0.2) is 23.1 Å². The molecule has 0 radical (unpaired) electrons. The molecule has 0 aromatic heterocycles. The number of thioether (sulfide) groups is 1. The minimum absolute atomic E-state index is 0.175. The molecule has 0 aliphatic rings. The van der Waals surface area contributed by atoms with Crippen molar-refractivity contribution in [2.24, 2.45) is 0 Å². The summed E-state index contributed by atoms with van der Waals surface area (Å²) in [6.45, 7) is 3.12. The number of rotatable bonds is 5. The lowest BCUT2D eigenvalue weighted by atomic mass is 10.4. The van der Waals surface area contributed by atoms with Gasteiger partial charge in [-0.3, -0.25) is 9.59 Å². The lowest BCUT2D eigenvalue weighted by molar-refractivity contribution is -0.117. The number of Topliss-reactive ketones (excluding diaryl/α,β-unsaturated/α-hetero) is 2. The highest BCUT2D eigenvalue weighted by atomic mass is 32.2. The van der Waals surface area contributed by atoms with Gasteiger partial charge in [-0.05, 0) is 13.8 Å². The number of hydrogen-bond acceptors (Lipinski definition) is 3. The van der Waals surface area contributed by atoms with Crippen LogP contribution in [0.15, 0.2) is 0 Å². The van der Waals surface area contributed by atoms with Crippen molar-refractivity contribution in [3.8, 4) is 0 Å². The first-order chi connectivity index (χ1) is 4.63. The monoisotopic (exact) mass is 160 g/mol. The zero-order chi connectivity index (χ0) is 7.98. The van der Waals surface area contributed by atoms with Crippen molar-refractivity contribution in [3.63, 3.8) is 0 Å². The third-order valence-corrected chi connectivity index (χ3v) is 2.01. The van der Waals surface area contributed by atoms with Crippen molar-refractivity contribution < 1.29 is 9.59 Å². The van der Waals surface area contributed by atoms with Gasteiger partial charge in [0.1, 0.15) is 11.6 Å². The van der Waals surface area contributed by atoms with Gasteiger partial charge in [0.15, 0.2) is 0 Å². The third kappa shape index (κ3) is 7.69. The van der Waals surface area contributed by atoms with Gasteiger partial charge in [-0.25, -0.2) is 0 Å². The number of hydrogen-bond donors (Lipinski definition) is 0. The van der Waals surface area contributed by atoms with Gasteiger partial charge in [0, 0.05) is 12.2 Å². The first-order valence-corrected chi connectivity index (χ1v) is 4.35.